The summed E-state index contributed by atoms with van der Waals surface area (Å²) in [6, 6.07) is 8.81. The summed E-state index contributed by atoms with van der Waals surface area (Å²) in [6.07, 6.45) is 4.21. The van der Waals surface area contributed by atoms with Crippen molar-refractivity contribution in [3.63, 3.8) is 0 Å². The molecule has 2 saturated heterocycles. The normalized spacial score (nSPS) is 20.5. The van der Waals surface area contributed by atoms with Gasteiger partial charge in [0.15, 0.2) is 0 Å². The molecule has 0 N–H and O–H groups in total. The van der Waals surface area contributed by atoms with E-state index in [-0.39, 0.29) is 16.6 Å². The van der Waals surface area contributed by atoms with Crippen LogP contribution in [0.25, 0.3) is 0 Å². The van der Waals surface area contributed by atoms with Gasteiger partial charge in [-0.1, -0.05) is 38.1 Å². The quantitative estimate of drug-likeness (QED) is 0.445. The maximum absolute atomic E-state index is 6.31. The molecule has 1 aromatic rings. The lowest BCUT2D eigenvalue weighted by Gasteiger charge is -2.45. The van der Waals surface area contributed by atoms with Gasteiger partial charge in [0.05, 0.1) is 50.8 Å². The Morgan fingerprint density at radius 1 is 0.767 bits per heavy atom. The highest BCUT2D eigenvalue weighted by molar-refractivity contribution is 5.23. The monoisotopic (exact) mass is 418 g/mol. The Bertz CT molecular complexity index is 658. The van der Waals surface area contributed by atoms with E-state index in [4.69, 9.17) is 18.9 Å². The average Bonchev–Trinajstić information content (AvgIpc) is 2.63. The van der Waals surface area contributed by atoms with E-state index in [9.17, 15) is 0 Å². The van der Waals surface area contributed by atoms with Crippen LogP contribution in [0.15, 0.2) is 24.3 Å². The molecule has 4 nitrogen and oxygen atoms in total. The zero-order chi connectivity index (χ0) is 21.9. The molecule has 2 aliphatic heterocycles. The van der Waals surface area contributed by atoms with Gasteiger partial charge in [0.1, 0.15) is 0 Å². The van der Waals surface area contributed by atoms with Crippen LogP contribution in [0.4, 0.5) is 0 Å². The van der Waals surface area contributed by atoms with Gasteiger partial charge >= 0.3 is 0 Å². The summed E-state index contributed by atoms with van der Waals surface area (Å²) in [5, 5.41) is 0. The molecule has 0 unspecified atom stereocenters. The second kappa shape index (κ2) is 9.28. The van der Waals surface area contributed by atoms with Gasteiger partial charge in [-0.2, -0.15) is 0 Å². The summed E-state index contributed by atoms with van der Waals surface area (Å²) in [5.41, 5.74) is 2.73. The highest BCUT2D eigenvalue weighted by atomic mass is 16.5. The first-order chi connectivity index (χ1) is 14.1. The van der Waals surface area contributed by atoms with Crippen LogP contribution in [0.2, 0.25) is 0 Å². The minimum Gasteiger partial charge on any atom is -0.380 e. The van der Waals surface area contributed by atoms with Crippen LogP contribution in [-0.2, 0) is 32.0 Å². The van der Waals surface area contributed by atoms with Gasteiger partial charge in [0.2, 0.25) is 0 Å². The van der Waals surface area contributed by atoms with Crippen molar-refractivity contribution < 1.29 is 18.9 Å². The molecule has 0 radical (unpaired) electrons. The van der Waals surface area contributed by atoms with Gasteiger partial charge in [0, 0.05) is 17.3 Å². The molecule has 30 heavy (non-hydrogen) atoms. The van der Waals surface area contributed by atoms with Crippen LogP contribution in [0, 0.1) is 10.8 Å². The van der Waals surface area contributed by atoms with Crippen LogP contribution in [0.5, 0.6) is 0 Å². The molecule has 0 spiro atoms. The fraction of sp³-hybridized carbons (Fsp3) is 0.769. The van der Waals surface area contributed by atoms with Gasteiger partial charge in [-0.15, -0.1) is 0 Å². The standard InChI is InChI=1S/C26H42O4/c1-7-25(16-27-17-25)15-24(5,6)29-14-22-11-9-21(10-12-22)13-23(3,4)30-20-26(8-2)18-28-19-26/h9-12H,7-8,13-20H2,1-6H3. The van der Waals surface area contributed by atoms with Crippen molar-refractivity contribution >= 4 is 0 Å². The summed E-state index contributed by atoms with van der Waals surface area (Å²) in [6.45, 7) is 18.1. The Morgan fingerprint density at radius 2 is 1.30 bits per heavy atom. The van der Waals surface area contributed by atoms with Crippen LogP contribution < -0.4 is 0 Å². The largest absolute Gasteiger partial charge is 0.380 e. The molecule has 0 atom stereocenters. The van der Waals surface area contributed by atoms with E-state index in [0.29, 0.717) is 12.0 Å². The minimum absolute atomic E-state index is 0.144. The summed E-state index contributed by atoms with van der Waals surface area (Å²) >= 11 is 0. The molecule has 2 heterocycles. The van der Waals surface area contributed by atoms with Crippen molar-refractivity contribution in [2.24, 2.45) is 10.8 Å². The van der Waals surface area contributed by atoms with Gasteiger partial charge in [-0.3, -0.25) is 0 Å². The van der Waals surface area contributed by atoms with Crippen LogP contribution in [0.3, 0.4) is 0 Å². The summed E-state index contributed by atoms with van der Waals surface area (Å²) in [5.74, 6) is 0. The molecule has 1 aromatic carbocycles. The molecule has 0 amide bonds. The highest BCUT2D eigenvalue weighted by Gasteiger charge is 2.42. The maximum Gasteiger partial charge on any atom is 0.0724 e. The maximum atomic E-state index is 6.31. The summed E-state index contributed by atoms with van der Waals surface area (Å²) in [7, 11) is 0. The van der Waals surface area contributed by atoms with Gasteiger partial charge < -0.3 is 18.9 Å². The van der Waals surface area contributed by atoms with E-state index in [2.05, 4.69) is 65.8 Å². The lowest BCUT2D eigenvalue weighted by atomic mass is 9.74. The first kappa shape index (κ1) is 23.7. The minimum atomic E-state index is -0.183. The van der Waals surface area contributed by atoms with Crippen molar-refractivity contribution in [3.05, 3.63) is 35.4 Å². The zero-order valence-electron chi connectivity index (χ0n) is 20.0. The van der Waals surface area contributed by atoms with Crippen LogP contribution in [-0.4, -0.2) is 44.2 Å². The molecule has 0 aliphatic carbocycles. The predicted octanol–water partition coefficient (Wildman–Crippen LogP) is 5.56. The van der Waals surface area contributed by atoms with Crippen molar-refractivity contribution in [2.75, 3.05) is 33.0 Å². The third-order valence-electron chi connectivity index (χ3n) is 6.99. The smallest absolute Gasteiger partial charge is 0.0724 e. The molecule has 170 valence electrons. The Hall–Kier alpha value is -0.940. The van der Waals surface area contributed by atoms with E-state index in [0.717, 1.165) is 58.7 Å². The summed E-state index contributed by atoms with van der Waals surface area (Å²) in [4.78, 5) is 0. The number of ether oxygens (including phenoxy) is 4. The van der Waals surface area contributed by atoms with Gasteiger partial charge in [0.25, 0.3) is 0 Å². The van der Waals surface area contributed by atoms with Crippen molar-refractivity contribution in [1.29, 1.82) is 0 Å². The molecular weight excluding hydrogens is 376 g/mol. The first-order valence-electron chi connectivity index (χ1n) is 11.6. The van der Waals surface area contributed by atoms with E-state index in [1.54, 1.807) is 0 Å². The molecule has 2 fully saturated rings. The molecule has 3 rings (SSSR count). The predicted molar refractivity (Wildman–Crippen MR) is 121 cm³/mol. The number of rotatable bonds is 12. The fourth-order valence-corrected chi connectivity index (χ4v) is 4.48. The Labute approximate surface area is 183 Å². The molecule has 2 aliphatic rings. The molecular formula is C26H42O4. The van der Waals surface area contributed by atoms with Gasteiger partial charge in [-0.25, -0.2) is 0 Å². The third-order valence-corrected chi connectivity index (χ3v) is 6.99. The van der Waals surface area contributed by atoms with E-state index < -0.39 is 0 Å². The Kier molecular flexibility index (Phi) is 7.33. The molecule has 0 saturated carbocycles. The van der Waals surface area contributed by atoms with Crippen molar-refractivity contribution in [1.82, 2.24) is 0 Å². The zero-order valence-corrected chi connectivity index (χ0v) is 20.0. The van der Waals surface area contributed by atoms with E-state index in [1.807, 2.05) is 0 Å². The second-order valence-corrected chi connectivity index (χ2v) is 11.0. The topological polar surface area (TPSA) is 36.9 Å². The lowest BCUT2D eigenvalue weighted by molar-refractivity contribution is -0.174. The highest BCUT2D eigenvalue weighted by Crippen LogP contribution is 2.40. The van der Waals surface area contributed by atoms with Crippen LogP contribution >= 0.6 is 0 Å². The van der Waals surface area contributed by atoms with Crippen molar-refractivity contribution in [2.45, 2.75) is 85.0 Å². The second-order valence-electron chi connectivity index (χ2n) is 11.0. The Balaban J connectivity index is 1.47. The number of benzene rings is 1. The first-order valence-corrected chi connectivity index (χ1v) is 11.6. The third kappa shape index (κ3) is 6.06. The molecule has 0 aromatic heterocycles. The van der Waals surface area contributed by atoms with Crippen LogP contribution in [0.1, 0.15) is 71.9 Å². The molecule has 0 bridgehead atoms. The van der Waals surface area contributed by atoms with E-state index in [1.165, 1.54) is 11.1 Å². The summed E-state index contributed by atoms with van der Waals surface area (Å²) < 4.78 is 23.5. The number of hydrogen-bond donors (Lipinski definition) is 0. The SMILES string of the molecule is CCC1(COC(C)(C)Cc2ccc(COC(C)(C)CC3(CC)COC3)cc2)COC1. The van der Waals surface area contributed by atoms with E-state index >= 15 is 0 Å². The molecule has 4 heteroatoms. The lowest BCUT2D eigenvalue weighted by Crippen LogP contribution is -2.47. The van der Waals surface area contributed by atoms with Crippen molar-refractivity contribution in [3.8, 4) is 0 Å². The van der Waals surface area contributed by atoms with Gasteiger partial charge in [-0.05, 0) is 58.1 Å². The Morgan fingerprint density at radius 3 is 1.77 bits per heavy atom. The average molecular weight is 419 g/mol. The number of hydrogen-bond acceptors (Lipinski definition) is 4. The fourth-order valence-electron chi connectivity index (χ4n) is 4.48.